The molecule has 278 valence electrons. The van der Waals surface area contributed by atoms with Gasteiger partial charge in [-0.05, 0) is 73.8 Å². The first-order valence-electron chi connectivity index (χ1n) is 20.3. The summed E-state index contributed by atoms with van der Waals surface area (Å²) >= 11 is 0. The zero-order chi connectivity index (χ0) is 39.3. The standard InChI is InChI=1S/C55H37N3O/c1-54(2)44-27-12-10-23-41(44)49-42(25-16-29-46(49)54)52-56-51(57-53(58-52)43-26-15-24-40-39-22-11-14-30-48(39)59-50(40)43)34-31-32-38-37-21-9-13-28-45(37)55(47(38)33-34,35-17-5-3-6-18-35)36-19-7-4-8-20-36/h3-33H,1-2H3. The van der Waals surface area contributed by atoms with Crippen LogP contribution in [0, 0.1) is 0 Å². The van der Waals surface area contributed by atoms with Crippen LogP contribution < -0.4 is 0 Å². The minimum Gasteiger partial charge on any atom is -0.455 e. The van der Waals surface area contributed by atoms with Gasteiger partial charge in [0.25, 0.3) is 0 Å². The maximum absolute atomic E-state index is 6.60. The molecule has 0 unspecified atom stereocenters. The van der Waals surface area contributed by atoms with Crippen LogP contribution in [0.5, 0.6) is 0 Å². The number of nitrogens with zero attached hydrogens (tertiary/aromatic N) is 3. The van der Waals surface area contributed by atoms with Gasteiger partial charge in [-0.15, -0.1) is 0 Å². The molecule has 0 atom stereocenters. The van der Waals surface area contributed by atoms with Gasteiger partial charge < -0.3 is 4.42 Å². The van der Waals surface area contributed by atoms with Crippen molar-refractivity contribution in [2.45, 2.75) is 24.7 Å². The summed E-state index contributed by atoms with van der Waals surface area (Å²) in [4.78, 5) is 16.2. The van der Waals surface area contributed by atoms with Gasteiger partial charge in [0, 0.05) is 27.3 Å². The monoisotopic (exact) mass is 755 g/mol. The molecule has 0 bridgehead atoms. The average Bonchev–Trinajstić information content (AvgIpc) is 3.91. The molecule has 0 aliphatic heterocycles. The molecule has 0 saturated carbocycles. The number of fused-ring (bicyclic) bond motifs is 9. The third kappa shape index (κ3) is 4.74. The third-order valence-electron chi connectivity index (χ3n) is 12.8. The first-order chi connectivity index (χ1) is 29.0. The topological polar surface area (TPSA) is 51.8 Å². The Kier molecular flexibility index (Phi) is 7.16. The molecule has 59 heavy (non-hydrogen) atoms. The van der Waals surface area contributed by atoms with E-state index in [0.717, 1.165) is 38.6 Å². The number of benzene rings is 8. The molecule has 8 aromatic carbocycles. The molecule has 2 aromatic heterocycles. The number of furan rings is 1. The Morgan fingerprint density at radius 1 is 0.390 bits per heavy atom. The highest BCUT2D eigenvalue weighted by molar-refractivity contribution is 6.09. The Morgan fingerprint density at radius 2 is 0.932 bits per heavy atom. The zero-order valence-electron chi connectivity index (χ0n) is 32.6. The summed E-state index contributed by atoms with van der Waals surface area (Å²) in [5, 5.41) is 2.10. The molecule has 0 saturated heterocycles. The largest absolute Gasteiger partial charge is 0.455 e. The van der Waals surface area contributed by atoms with Gasteiger partial charge >= 0.3 is 0 Å². The Bertz CT molecular complexity index is 3270. The number of aromatic nitrogens is 3. The fourth-order valence-electron chi connectivity index (χ4n) is 10.2. The number of hydrogen-bond donors (Lipinski definition) is 0. The number of para-hydroxylation sites is 2. The first-order valence-corrected chi connectivity index (χ1v) is 20.3. The Morgan fingerprint density at radius 3 is 1.71 bits per heavy atom. The van der Waals surface area contributed by atoms with E-state index in [-0.39, 0.29) is 5.41 Å². The molecule has 4 heteroatoms. The fourth-order valence-corrected chi connectivity index (χ4v) is 10.2. The summed E-state index contributed by atoms with van der Waals surface area (Å²) in [5.41, 5.74) is 15.9. The highest BCUT2D eigenvalue weighted by Crippen LogP contribution is 2.57. The lowest BCUT2D eigenvalue weighted by atomic mass is 9.67. The van der Waals surface area contributed by atoms with E-state index in [0.29, 0.717) is 17.5 Å². The summed E-state index contributed by atoms with van der Waals surface area (Å²) in [6, 6.07) is 67.2. The van der Waals surface area contributed by atoms with E-state index < -0.39 is 5.41 Å². The van der Waals surface area contributed by atoms with Crippen LogP contribution in [0.1, 0.15) is 47.2 Å². The minimum absolute atomic E-state index is 0.173. The summed E-state index contributed by atoms with van der Waals surface area (Å²) in [5.74, 6) is 1.80. The predicted molar refractivity (Wildman–Crippen MR) is 238 cm³/mol. The Labute approximate surface area is 342 Å². The van der Waals surface area contributed by atoms with Crippen molar-refractivity contribution >= 4 is 21.9 Å². The van der Waals surface area contributed by atoms with Crippen molar-refractivity contribution in [3.05, 3.63) is 221 Å². The average molecular weight is 756 g/mol. The Balaban J connectivity index is 1.14. The molecular weight excluding hydrogens is 719 g/mol. The lowest BCUT2D eigenvalue weighted by molar-refractivity contribution is 0.660. The van der Waals surface area contributed by atoms with Crippen LogP contribution in [-0.4, -0.2) is 15.0 Å². The highest BCUT2D eigenvalue weighted by atomic mass is 16.3. The quantitative estimate of drug-likeness (QED) is 0.176. The maximum atomic E-state index is 6.60. The van der Waals surface area contributed by atoms with E-state index in [4.69, 9.17) is 19.4 Å². The van der Waals surface area contributed by atoms with Gasteiger partial charge in [-0.3, -0.25) is 0 Å². The van der Waals surface area contributed by atoms with Crippen LogP contribution in [-0.2, 0) is 10.8 Å². The second kappa shape index (κ2) is 12.5. The van der Waals surface area contributed by atoms with Gasteiger partial charge in [0.15, 0.2) is 17.5 Å². The van der Waals surface area contributed by atoms with Gasteiger partial charge in [-0.2, -0.15) is 0 Å². The van der Waals surface area contributed by atoms with Gasteiger partial charge in [-0.1, -0.05) is 184 Å². The molecule has 2 aliphatic rings. The van der Waals surface area contributed by atoms with Crippen LogP contribution in [0.25, 0.3) is 78.4 Å². The maximum Gasteiger partial charge on any atom is 0.167 e. The molecule has 0 fully saturated rings. The number of rotatable bonds is 5. The molecule has 0 radical (unpaired) electrons. The molecule has 4 nitrogen and oxygen atoms in total. The first kappa shape index (κ1) is 33.7. The van der Waals surface area contributed by atoms with Crippen molar-refractivity contribution in [3.63, 3.8) is 0 Å². The smallest absolute Gasteiger partial charge is 0.167 e. The molecular formula is C55H37N3O. The number of hydrogen-bond acceptors (Lipinski definition) is 4. The molecule has 0 spiro atoms. The lowest BCUT2D eigenvalue weighted by Crippen LogP contribution is -2.28. The van der Waals surface area contributed by atoms with Crippen molar-refractivity contribution < 1.29 is 4.42 Å². The third-order valence-corrected chi connectivity index (χ3v) is 12.8. The minimum atomic E-state index is -0.557. The summed E-state index contributed by atoms with van der Waals surface area (Å²) in [6.45, 7) is 4.62. The van der Waals surface area contributed by atoms with Crippen molar-refractivity contribution in [1.29, 1.82) is 0 Å². The van der Waals surface area contributed by atoms with Crippen LogP contribution >= 0.6 is 0 Å². The van der Waals surface area contributed by atoms with E-state index in [1.165, 1.54) is 55.6 Å². The zero-order valence-corrected chi connectivity index (χ0v) is 32.6. The second-order valence-electron chi connectivity index (χ2n) is 16.3. The fraction of sp³-hybridized carbons (Fsp3) is 0.0727. The van der Waals surface area contributed by atoms with Crippen molar-refractivity contribution in [2.24, 2.45) is 0 Å². The van der Waals surface area contributed by atoms with Crippen LogP contribution in [0.3, 0.4) is 0 Å². The van der Waals surface area contributed by atoms with E-state index in [1.54, 1.807) is 0 Å². The molecule has 0 amide bonds. The summed E-state index contributed by atoms with van der Waals surface area (Å²) < 4.78 is 6.60. The van der Waals surface area contributed by atoms with E-state index in [9.17, 15) is 0 Å². The van der Waals surface area contributed by atoms with Crippen molar-refractivity contribution in [3.8, 4) is 56.4 Å². The predicted octanol–water partition coefficient (Wildman–Crippen LogP) is 13.4. The normalized spacial score (nSPS) is 14.2. The lowest BCUT2D eigenvalue weighted by Gasteiger charge is -2.34. The summed E-state index contributed by atoms with van der Waals surface area (Å²) in [7, 11) is 0. The molecule has 12 rings (SSSR count). The van der Waals surface area contributed by atoms with Crippen LogP contribution in [0.2, 0.25) is 0 Å². The van der Waals surface area contributed by atoms with Gasteiger partial charge in [0.2, 0.25) is 0 Å². The van der Waals surface area contributed by atoms with E-state index in [1.807, 2.05) is 12.1 Å². The van der Waals surface area contributed by atoms with Crippen molar-refractivity contribution in [1.82, 2.24) is 15.0 Å². The highest BCUT2D eigenvalue weighted by Gasteiger charge is 2.46. The molecule has 2 aliphatic carbocycles. The summed E-state index contributed by atoms with van der Waals surface area (Å²) in [6.07, 6.45) is 0. The molecule has 10 aromatic rings. The van der Waals surface area contributed by atoms with Crippen molar-refractivity contribution in [2.75, 3.05) is 0 Å². The van der Waals surface area contributed by atoms with Gasteiger partial charge in [0.1, 0.15) is 11.2 Å². The SMILES string of the molecule is CC1(C)c2ccccc2-c2c(-c3nc(-c4ccc5c(c4)C(c4ccccc4)(c4ccccc4)c4ccccc4-5)nc(-c4cccc5c4oc4ccccc45)n3)cccc21. The Hall–Kier alpha value is -7.43. The van der Waals surface area contributed by atoms with Gasteiger partial charge in [0.05, 0.1) is 11.0 Å². The van der Waals surface area contributed by atoms with Crippen LogP contribution in [0.15, 0.2) is 192 Å². The van der Waals surface area contributed by atoms with Gasteiger partial charge in [-0.25, -0.2) is 15.0 Å². The van der Waals surface area contributed by atoms with E-state index in [2.05, 4.69) is 190 Å². The van der Waals surface area contributed by atoms with Crippen LogP contribution in [0.4, 0.5) is 0 Å². The van der Waals surface area contributed by atoms with E-state index >= 15 is 0 Å². The molecule has 0 N–H and O–H groups in total. The molecule has 2 heterocycles. The second-order valence-corrected chi connectivity index (χ2v) is 16.3.